The van der Waals surface area contributed by atoms with Crippen LogP contribution in [-0.2, 0) is 6.54 Å². The number of aromatic nitrogens is 8. The van der Waals surface area contributed by atoms with Crippen LogP contribution in [0.1, 0.15) is 110 Å². The summed E-state index contributed by atoms with van der Waals surface area (Å²) >= 11 is 0. The van der Waals surface area contributed by atoms with Crippen LogP contribution in [0.4, 0.5) is 34.9 Å². The lowest BCUT2D eigenvalue weighted by Gasteiger charge is -2.34. The summed E-state index contributed by atoms with van der Waals surface area (Å²) in [7, 11) is 0. The number of benzene rings is 3. The topological polar surface area (TPSA) is 169 Å². The van der Waals surface area contributed by atoms with Crippen LogP contribution < -0.4 is 21.3 Å². The number of nitrogen functional groups attached to an aromatic ring is 1. The van der Waals surface area contributed by atoms with Gasteiger partial charge in [0.05, 0.1) is 0 Å². The molecule has 0 saturated carbocycles. The highest BCUT2D eigenvalue weighted by atomic mass is 15.2. The van der Waals surface area contributed by atoms with E-state index in [1.54, 1.807) is 6.07 Å². The predicted molar refractivity (Wildman–Crippen MR) is 297 cm³/mol. The molecule has 3 saturated heterocycles. The molecule has 14 nitrogen and oxygen atoms in total. The summed E-state index contributed by atoms with van der Waals surface area (Å²) in [5.74, 6) is 6.27. The second-order valence-electron chi connectivity index (χ2n) is 19.3. The highest BCUT2D eigenvalue weighted by molar-refractivity contribution is 5.70. The van der Waals surface area contributed by atoms with Crippen LogP contribution in [0.5, 0.6) is 0 Å². The van der Waals surface area contributed by atoms with Gasteiger partial charge in [0.1, 0.15) is 23.3 Å². The number of hydrogen-bond acceptors (Lipinski definition) is 12. The number of nitrogens with two attached hydrogens (primary N) is 1. The van der Waals surface area contributed by atoms with Crippen molar-refractivity contribution in [2.75, 3.05) is 67.1 Å². The lowest BCUT2D eigenvalue weighted by atomic mass is 9.93. The number of nitrogens with zero attached hydrogens (tertiary/aromatic N) is 9. The third-order valence-electron chi connectivity index (χ3n) is 13.3. The zero-order valence-corrected chi connectivity index (χ0v) is 42.4. The Bertz CT molecular complexity index is 2690. The number of hydrogen-bond donors (Lipinski definition) is 5. The van der Waals surface area contributed by atoms with Crippen molar-refractivity contribution in [3.8, 4) is 0 Å². The Balaban J connectivity index is 0.000000162. The maximum atomic E-state index is 5.83. The molecule has 4 aromatic heterocycles. The average Bonchev–Trinajstić information content (AvgIpc) is 3.77. The van der Waals surface area contributed by atoms with Gasteiger partial charge in [0, 0.05) is 55.3 Å². The molecule has 72 heavy (non-hydrogen) atoms. The van der Waals surface area contributed by atoms with Gasteiger partial charge in [-0.15, -0.1) is 0 Å². The Morgan fingerprint density at radius 1 is 0.528 bits per heavy atom. The van der Waals surface area contributed by atoms with Gasteiger partial charge in [0.25, 0.3) is 0 Å². The van der Waals surface area contributed by atoms with Crippen molar-refractivity contribution in [3.63, 3.8) is 0 Å². The Labute approximate surface area is 426 Å². The van der Waals surface area contributed by atoms with E-state index in [0.717, 1.165) is 65.5 Å². The molecule has 6 N–H and O–H groups in total. The van der Waals surface area contributed by atoms with Gasteiger partial charge in [-0.3, -0.25) is 15.1 Å². The predicted octanol–water partition coefficient (Wildman–Crippen LogP) is 12.0. The number of aryl methyl sites for hydroxylation is 2. The van der Waals surface area contributed by atoms with E-state index in [2.05, 4.69) is 110 Å². The summed E-state index contributed by atoms with van der Waals surface area (Å²) < 4.78 is 0. The smallest absolute Gasteiger partial charge is 0.156 e. The highest BCUT2D eigenvalue weighted by Crippen LogP contribution is 2.28. The second-order valence-corrected chi connectivity index (χ2v) is 19.3. The first kappa shape index (κ1) is 51.2. The monoisotopic (exact) mass is 967 g/mol. The van der Waals surface area contributed by atoms with Crippen LogP contribution in [0.25, 0.3) is 24.3 Å². The zero-order valence-electron chi connectivity index (χ0n) is 42.4. The Morgan fingerprint density at radius 3 is 1.53 bits per heavy atom. The first-order chi connectivity index (χ1) is 35.3. The van der Waals surface area contributed by atoms with Crippen molar-refractivity contribution in [3.05, 3.63) is 155 Å². The van der Waals surface area contributed by atoms with Gasteiger partial charge >= 0.3 is 0 Å². The van der Waals surface area contributed by atoms with Gasteiger partial charge in [0.2, 0.25) is 0 Å². The molecule has 10 rings (SSSR count). The highest BCUT2D eigenvalue weighted by Gasteiger charge is 2.22. The SMILES string of the molecule is Cc1cc(Nc2cc(N)nc(/C=C/c3ccccc3)n2)n[nH]1.Cc1cc(Nc2cc(N3CCC(CCN4CCCCCC4)CC3)nc(/C=C/c3ccccc3)n2)n[nH]1.c1ccc(CN2CCCCCC2)cc1. The Morgan fingerprint density at radius 2 is 1.01 bits per heavy atom. The molecule has 14 heteroatoms. The number of aromatic amines is 2. The molecule has 0 spiro atoms. The minimum absolute atomic E-state index is 0.400. The van der Waals surface area contributed by atoms with Crippen LogP contribution >= 0.6 is 0 Å². The summed E-state index contributed by atoms with van der Waals surface area (Å²) in [6.45, 7) is 13.6. The summed E-state index contributed by atoms with van der Waals surface area (Å²) in [4.78, 5) is 26.0. The van der Waals surface area contributed by atoms with E-state index >= 15 is 0 Å². The molecule has 0 amide bonds. The van der Waals surface area contributed by atoms with Crippen molar-refractivity contribution in [2.45, 2.75) is 91.0 Å². The first-order valence-electron chi connectivity index (χ1n) is 26.2. The lowest BCUT2D eigenvalue weighted by molar-refractivity contribution is 0.246. The molecule has 3 aromatic carbocycles. The van der Waals surface area contributed by atoms with E-state index in [1.165, 1.54) is 109 Å². The van der Waals surface area contributed by atoms with E-state index in [0.29, 0.717) is 29.1 Å². The van der Waals surface area contributed by atoms with Gasteiger partial charge in [-0.1, -0.05) is 129 Å². The molecule has 0 radical (unpaired) electrons. The Kier molecular flexibility index (Phi) is 19.5. The average molecular weight is 967 g/mol. The largest absolute Gasteiger partial charge is 0.384 e. The molecule has 0 atom stereocenters. The number of H-pyrrole nitrogens is 2. The molecular weight excluding hydrogens is 893 g/mol. The lowest BCUT2D eigenvalue weighted by Crippen LogP contribution is -2.36. The summed E-state index contributed by atoms with van der Waals surface area (Å²) in [5, 5.41) is 20.7. The zero-order chi connectivity index (χ0) is 49.6. The first-order valence-corrected chi connectivity index (χ1v) is 26.2. The quantitative estimate of drug-likeness (QED) is 0.0700. The van der Waals surface area contributed by atoms with Crippen molar-refractivity contribution >= 4 is 59.2 Å². The van der Waals surface area contributed by atoms with Gasteiger partial charge < -0.3 is 26.2 Å². The fourth-order valence-electron chi connectivity index (χ4n) is 9.39. The minimum Gasteiger partial charge on any atom is -0.384 e. The summed E-state index contributed by atoms with van der Waals surface area (Å²) in [6.07, 6.45) is 22.8. The molecule has 3 fully saturated rings. The van der Waals surface area contributed by atoms with Gasteiger partial charge in [-0.2, -0.15) is 10.2 Å². The van der Waals surface area contributed by atoms with Crippen molar-refractivity contribution in [1.82, 2.24) is 50.1 Å². The molecule has 0 unspecified atom stereocenters. The molecule has 3 aliphatic heterocycles. The molecular formula is C58H74N14. The second kappa shape index (κ2) is 27.4. The molecule has 376 valence electrons. The molecule has 7 heterocycles. The summed E-state index contributed by atoms with van der Waals surface area (Å²) in [6, 6.07) is 38.6. The van der Waals surface area contributed by atoms with E-state index < -0.39 is 0 Å². The van der Waals surface area contributed by atoms with Crippen LogP contribution in [-0.4, -0.2) is 95.9 Å². The molecule has 0 bridgehead atoms. The van der Waals surface area contributed by atoms with Gasteiger partial charge in [0.15, 0.2) is 23.3 Å². The number of anilines is 6. The minimum atomic E-state index is 0.400. The van der Waals surface area contributed by atoms with Crippen LogP contribution in [0.2, 0.25) is 0 Å². The van der Waals surface area contributed by atoms with Crippen molar-refractivity contribution in [1.29, 1.82) is 0 Å². The van der Waals surface area contributed by atoms with Crippen molar-refractivity contribution in [2.24, 2.45) is 5.92 Å². The van der Waals surface area contributed by atoms with E-state index in [1.807, 2.05) is 92.7 Å². The van der Waals surface area contributed by atoms with Crippen LogP contribution in [0.15, 0.2) is 115 Å². The number of likely N-dealkylation sites (tertiary alicyclic amines) is 2. The maximum Gasteiger partial charge on any atom is 0.156 e. The molecule has 3 aliphatic rings. The maximum absolute atomic E-state index is 5.83. The third kappa shape index (κ3) is 17.3. The molecule has 0 aliphatic carbocycles. The number of rotatable bonds is 14. The normalized spacial score (nSPS) is 16.1. The van der Waals surface area contributed by atoms with E-state index in [9.17, 15) is 0 Å². The van der Waals surface area contributed by atoms with E-state index in [-0.39, 0.29) is 0 Å². The van der Waals surface area contributed by atoms with E-state index in [4.69, 9.17) is 15.7 Å². The van der Waals surface area contributed by atoms with Crippen LogP contribution in [0, 0.1) is 19.8 Å². The fourth-order valence-corrected chi connectivity index (χ4v) is 9.39. The Hall–Kier alpha value is -7.16. The van der Waals surface area contributed by atoms with Gasteiger partial charge in [-0.05, 0) is 126 Å². The molecule has 7 aromatic rings. The van der Waals surface area contributed by atoms with Crippen LogP contribution in [0.3, 0.4) is 0 Å². The van der Waals surface area contributed by atoms with Gasteiger partial charge in [-0.25, -0.2) is 19.9 Å². The third-order valence-corrected chi connectivity index (χ3v) is 13.3. The number of piperidine rings is 1. The fraction of sp³-hybridized carbons (Fsp3) is 0.379. The standard InChI is InChI=1S/C29H39N7.C16H16N6.C13H19N/c1-23-21-28(34-33-23)31-27-22-29(32-26(30-27)12-11-24-9-5-4-6-10-24)36-19-14-25(15-20-36)13-18-35-16-7-2-3-8-17-35;1-11-9-16(22-21-11)20-15-10-13(17)18-14(19-15)8-7-12-5-3-2-4-6-12;1-2-7-11-14(10-6-1)12-13-8-4-3-5-9-13/h4-6,9-12,21-22,25H,2-3,7-8,13-20H2,1H3,(H2,30,31,32,33,34);2-10H,1H3,(H4,17,18,19,20,21,22);3-5,8-9H,1-2,6-7,10-12H2/b12-11+;8-7+;. The summed E-state index contributed by atoms with van der Waals surface area (Å²) in [5.41, 5.74) is 11.5. The van der Waals surface area contributed by atoms with Crippen molar-refractivity contribution < 1.29 is 0 Å². The number of nitrogens with one attached hydrogen (secondary N) is 4.